The van der Waals surface area contributed by atoms with E-state index in [2.05, 4.69) is 24.7 Å². The molecule has 1 aliphatic rings. The summed E-state index contributed by atoms with van der Waals surface area (Å²) in [5, 5.41) is 4.27. The van der Waals surface area contributed by atoms with E-state index in [1.54, 1.807) is 7.48 Å². The Hall–Kier alpha value is -0.628. The Morgan fingerprint density at radius 3 is 3.06 bits per heavy atom. The van der Waals surface area contributed by atoms with Crippen LogP contribution < -0.4 is 0 Å². The monoisotopic (exact) mass is 267 g/mol. The molecule has 1 radical (unpaired) electrons. The van der Waals surface area contributed by atoms with Crippen molar-refractivity contribution < 1.29 is 14.4 Å². The summed E-state index contributed by atoms with van der Waals surface area (Å²) < 4.78 is 7.45. The summed E-state index contributed by atoms with van der Waals surface area (Å²) in [5.74, 6) is 0.181. The molecular formula is C11H20BN2O3Si. The third-order valence-electron chi connectivity index (χ3n) is 2.84. The zero-order valence-corrected chi connectivity index (χ0v) is 12.3. The molecule has 5 nitrogen and oxygen atoms in total. The molecule has 2 rings (SSSR count). The lowest BCUT2D eigenvalue weighted by atomic mass is 9.78. The molecule has 1 saturated heterocycles. The van der Waals surface area contributed by atoms with Gasteiger partial charge in [-0.15, -0.1) is 0 Å². The first-order chi connectivity index (χ1) is 8.54. The Morgan fingerprint density at radius 2 is 2.39 bits per heavy atom. The molecule has 1 aromatic rings. The van der Waals surface area contributed by atoms with Gasteiger partial charge in [-0.2, -0.15) is 5.10 Å². The van der Waals surface area contributed by atoms with Crippen LogP contribution >= 0.6 is 0 Å². The second-order valence-corrected chi connectivity index (χ2v) is 11.4. The van der Waals surface area contributed by atoms with Crippen LogP contribution in [0.3, 0.4) is 0 Å². The second-order valence-electron chi connectivity index (χ2n) is 5.78. The highest BCUT2D eigenvalue weighted by Crippen LogP contribution is 2.19. The van der Waals surface area contributed by atoms with Gasteiger partial charge in [0.1, 0.15) is 6.73 Å². The maximum absolute atomic E-state index is 5.63. The van der Waals surface area contributed by atoms with Crippen molar-refractivity contribution in [3.63, 3.8) is 0 Å². The molecule has 0 spiro atoms. The van der Waals surface area contributed by atoms with Crippen molar-refractivity contribution in [2.24, 2.45) is 0 Å². The molecule has 2 heterocycles. The summed E-state index contributed by atoms with van der Waals surface area (Å²) in [7, 11) is 0.684. The van der Waals surface area contributed by atoms with Gasteiger partial charge in [-0.25, -0.2) is 4.68 Å². The Balaban J connectivity index is 1.73. The first-order valence-corrected chi connectivity index (χ1v) is 9.97. The largest absolute Gasteiger partial charge is 0.360 e. The molecule has 1 fully saturated rings. The fraction of sp³-hybridized carbons (Fsp3) is 0.727. The first-order valence-electron chi connectivity index (χ1n) is 6.26. The summed E-state index contributed by atoms with van der Waals surface area (Å²) in [6, 6.07) is 1.18. The van der Waals surface area contributed by atoms with E-state index in [1.807, 2.05) is 17.1 Å². The lowest BCUT2D eigenvalue weighted by Gasteiger charge is -2.15. The molecule has 1 unspecified atom stereocenters. The molecule has 1 atom stereocenters. The van der Waals surface area contributed by atoms with Gasteiger partial charge in [0, 0.05) is 26.7 Å². The van der Waals surface area contributed by atoms with Gasteiger partial charge in [-0.1, -0.05) is 19.6 Å². The summed E-state index contributed by atoms with van der Waals surface area (Å²) >= 11 is 0. The van der Waals surface area contributed by atoms with Gasteiger partial charge in [0.15, 0.2) is 0 Å². The topological polar surface area (TPSA) is 45.5 Å². The molecule has 0 N–H and O–H groups in total. The zero-order valence-electron chi connectivity index (χ0n) is 11.3. The molecule has 18 heavy (non-hydrogen) atoms. The van der Waals surface area contributed by atoms with Gasteiger partial charge >= 0.3 is 7.48 Å². The molecule has 1 aliphatic heterocycles. The first kappa shape index (κ1) is 13.8. The zero-order chi connectivity index (χ0) is 13.0. The smallest absolute Gasteiger partial charge is 0.354 e. The molecule has 1 aromatic heterocycles. The molecule has 0 saturated carbocycles. The second kappa shape index (κ2) is 6.01. The number of hydrogen-bond acceptors (Lipinski definition) is 4. The summed E-state index contributed by atoms with van der Waals surface area (Å²) in [6.45, 7) is 8.92. The highest BCUT2D eigenvalue weighted by atomic mass is 28.3. The molecule has 7 heteroatoms. The average molecular weight is 267 g/mol. The predicted octanol–water partition coefficient (Wildman–Crippen LogP) is 1.82. The number of ether oxygens (including phenoxy) is 1. The lowest BCUT2D eigenvalue weighted by Crippen LogP contribution is -2.22. The van der Waals surface area contributed by atoms with Gasteiger partial charge in [-0.05, 0) is 11.6 Å². The van der Waals surface area contributed by atoms with Crippen molar-refractivity contribution in [2.45, 2.75) is 38.2 Å². The van der Waals surface area contributed by atoms with Crippen LogP contribution in [0.1, 0.15) is 11.4 Å². The Bertz CT molecular complexity index is 375. The van der Waals surface area contributed by atoms with Crippen molar-refractivity contribution >= 4 is 15.6 Å². The van der Waals surface area contributed by atoms with Crippen molar-refractivity contribution in [3.8, 4) is 0 Å². The van der Waals surface area contributed by atoms with E-state index in [9.17, 15) is 0 Å². The summed E-state index contributed by atoms with van der Waals surface area (Å²) in [4.78, 5) is 9.61. The average Bonchev–Trinajstić information content (AvgIpc) is 2.93. The van der Waals surface area contributed by atoms with E-state index >= 15 is 0 Å². The van der Waals surface area contributed by atoms with Crippen molar-refractivity contribution in [3.05, 3.63) is 18.0 Å². The molecule has 0 bridgehead atoms. The van der Waals surface area contributed by atoms with Crippen molar-refractivity contribution in [2.75, 3.05) is 13.2 Å². The summed E-state index contributed by atoms with van der Waals surface area (Å²) in [6.07, 6.45) is 3.81. The maximum Gasteiger partial charge on any atom is 0.354 e. The van der Waals surface area contributed by atoms with Gasteiger partial charge < -0.3 is 9.54 Å². The van der Waals surface area contributed by atoms with Crippen LogP contribution in [0.4, 0.5) is 0 Å². The van der Waals surface area contributed by atoms with E-state index in [-0.39, 0.29) is 5.82 Å². The van der Waals surface area contributed by atoms with Gasteiger partial charge in [0.2, 0.25) is 0 Å². The minimum Gasteiger partial charge on any atom is -0.360 e. The van der Waals surface area contributed by atoms with Crippen LogP contribution in [0.15, 0.2) is 12.4 Å². The number of rotatable bonds is 6. The molecule has 0 aliphatic carbocycles. The summed E-state index contributed by atoms with van der Waals surface area (Å²) in [5.41, 5.74) is 1.10. The van der Waals surface area contributed by atoms with Crippen LogP contribution in [0.25, 0.3) is 0 Å². The molecule has 99 valence electrons. The SMILES string of the molecule is C[Si](C)(C)CCOCn1cc(C2[B]OOC2)cn1. The fourth-order valence-electron chi connectivity index (χ4n) is 1.61. The highest BCUT2D eigenvalue weighted by molar-refractivity contribution is 6.76. The quantitative estimate of drug-likeness (QED) is 0.448. The lowest BCUT2D eigenvalue weighted by molar-refractivity contribution is -0.183. The van der Waals surface area contributed by atoms with Crippen molar-refractivity contribution in [1.82, 2.24) is 9.78 Å². The van der Waals surface area contributed by atoms with Crippen LogP contribution in [0.2, 0.25) is 25.7 Å². The van der Waals surface area contributed by atoms with Gasteiger partial charge in [-0.3, -0.25) is 4.89 Å². The van der Waals surface area contributed by atoms with E-state index in [1.165, 1.54) is 6.04 Å². The minimum absolute atomic E-state index is 0.181. The number of nitrogens with zero attached hydrogens (tertiary/aromatic N) is 2. The third-order valence-corrected chi connectivity index (χ3v) is 4.54. The highest BCUT2D eigenvalue weighted by Gasteiger charge is 2.23. The van der Waals surface area contributed by atoms with E-state index < -0.39 is 8.07 Å². The maximum atomic E-state index is 5.63. The van der Waals surface area contributed by atoms with Crippen molar-refractivity contribution in [1.29, 1.82) is 0 Å². The third kappa shape index (κ3) is 4.24. The fourth-order valence-corrected chi connectivity index (χ4v) is 2.37. The van der Waals surface area contributed by atoms with E-state index in [0.29, 0.717) is 13.3 Å². The molecule has 0 aromatic carbocycles. The van der Waals surface area contributed by atoms with Crippen LogP contribution in [-0.2, 0) is 21.2 Å². The minimum atomic E-state index is -1.00. The molecule has 0 amide bonds. The number of aromatic nitrogens is 2. The molecular weight excluding hydrogens is 247 g/mol. The Morgan fingerprint density at radius 1 is 1.56 bits per heavy atom. The van der Waals surface area contributed by atoms with Gasteiger partial charge in [0.25, 0.3) is 0 Å². The van der Waals surface area contributed by atoms with E-state index in [4.69, 9.17) is 14.4 Å². The number of hydrogen-bond donors (Lipinski definition) is 0. The van der Waals surface area contributed by atoms with E-state index in [0.717, 1.165) is 12.2 Å². The Labute approximate surface area is 110 Å². The van der Waals surface area contributed by atoms with Crippen LogP contribution in [0.5, 0.6) is 0 Å². The predicted molar refractivity (Wildman–Crippen MR) is 71.9 cm³/mol. The van der Waals surface area contributed by atoms with Crippen LogP contribution in [0, 0.1) is 0 Å². The van der Waals surface area contributed by atoms with Gasteiger partial charge in [0.05, 0.1) is 12.8 Å². The Kier molecular flexibility index (Phi) is 4.61. The standard InChI is InChI=1S/C11H20BN2O3Si/c1-18(2,3)5-4-15-9-14-7-10(6-13-14)11-8-16-17-12-11/h6-7,11H,4-5,8-9H2,1-3H3. The van der Waals surface area contributed by atoms with Crippen LogP contribution in [-0.4, -0.2) is 38.6 Å². The normalized spacial score (nSPS) is 20.1.